The highest BCUT2D eigenvalue weighted by Crippen LogP contribution is 1.99. The maximum atomic E-state index is 3.19. The molecular weight excluding hydrogens is 186 g/mol. The zero-order valence-electron chi connectivity index (χ0n) is 11.2. The fourth-order valence-electron chi connectivity index (χ4n) is 1.79. The summed E-state index contributed by atoms with van der Waals surface area (Å²) >= 11 is 0. The zero-order valence-corrected chi connectivity index (χ0v) is 11.2. The van der Waals surface area contributed by atoms with Crippen LogP contribution in [0.4, 0.5) is 0 Å². The lowest BCUT2D eigenvalue weighted by molar-refractivity contribution is 0.191. The molecule has 3 nitrogen and oxygen atoms in total. The van der Waals surface area contributed by atoms with Crippen molar-refractivity contribution < 1.29 is 0 Å². The fraction of sp³-hybridized carbons (Fsp3) is 1.00. The second-order valence-corrected chi connectivity index (χ2v) is 4.55. The lowest BCUT2D eigenvalue weighted by Gasteiger charge is -2.28. The van der Waals surface area contributed by atoms with Gasteiger partial charge >= 0.3 is 0 Å². The molecule has 0 saturated heterocycles. The molecule has 1 atom stereocenters. The number of nitrogens with one attached hydrogen (secondary N) is 1. The van der Waals surface area contributed by atoms with Gasteiger partial charge in [0.05, 0.1) is 0 Å². The summed E-state index contributed by atoms with van der Waals surface area (Å²) in [6.45, 7) is 9.21. The predicted octanol–water partition coefficient (Wildman–Crippen LogP) is 1.26. The first-order chi connectivity index (χ1) is 7.11. The molecule has 0 aromatic carbocycles. The average molecular weight is 215 g/mol. The highest BCUT2D eigenvalue weighted by molar-refractivity contribution is 4.67. The normalized spacial score (nSPS) is 13.8. The second-order valence-electron chi connectivity index (χ2n) is 4.55. The quantitative estimate of drug-likeness (QED) is 0.584. The van der Waals surface area contributed by atoms with Crippen LogP contribution in [0, 0.1) is 0 Å². The third-order valence-corrected chi connectivity index (χ3v) is 2.87. The Hall–Kier alpha value is -0.120. The van der Waals surface area contributed by atoms with E-state index in [1.807, 2.05) is 7.05 Å². The largest absolute Gasteiger partial charge is 0.320 e. The van der Waals surface area contributed by atoms with E-state index in [9.17, 15) is 0 Å². The molecule has 0 aliphatic heterocycles. The van der Waals surface area contributed by atoms with Gasteiger partial charge in [0.2, 0.25) is 0 Å². The molecule has 0 aliphatic rings. The molecule has 0 bridgehead atoms. The van der Waals surface area contributed by atoms with Crippen LogP contribution in [0.25, 0.3) is 0 Å². The third kappa shape index (κ3) is 7.77. The molecule has 0 aromatic rings. The standard InChI is InChI=1S/C12H29N3/c1-6-9-14(4)11-12(2)15(5)10-7-8-13-3/h12-13H,6-11H2,1-5H3. The van der Waals surface area contributed by atoms with E-state index in [1.165, 1.54) is 32.5 Å². The van der Waals surface area contributed by atoms with Crippen LogP contribution in [-0.2, 0) is 0 Å². The Labute approximate surface area is 95.8 Å². The molecule has 0 aliphatic carbocycles. The van der Waals surface area contributed by atoms with E-state index in [2.05, 4.69) is 43.1 Å². The van der Waals surface area contributed by atoms with E-state index in [4.69, 9.17) is 0 Å². The number of rotatable bonds is 9. The number of nitrogens with zero attached hydrogens (tertiary/aromatic N) is 2. The highest BCUT2D eigenvalue weighted by atomic mass is 15.2. The molecule has 0 saturated carbocycles. The number of hydrogen-bond acceptors (Lipinski definition) is 3. The van der Waals surface area contributed by atoms with Gasteiger partial charge in [-0.1, -0.05) is 6.92 Å². The van der Waals surface area contributed by atoms with Crippen molar-refractivity contribution in [2.75, 3.05) is 47.3 Å². The Balaban J connectivity index is 3.62. The van der Waals surface area contributed by atoms with Crippen molar-refractivity contribution in [3.05, 3.63) is 0 Å². The maximum absolute atomic E-state index is 3.19. The van der Waals surface area contributed by atoms with Gasteiger partial charge in [0.15, 0.2) is 0 Å². The van der Waals surface area contributed by atoms with Crippen LogP contribution in [0.15, 0.2) is 0 Å². The third-order valence-electron chi connectivity index (χ3n) is 2.87. The van der Waals surface area contributed by atoms with Crippen LogP contribution in [-0.4, -0.2) is 63.2 Å². The van der Waals surface area contributed by atoms with Gasteiger partial charge < -0.3 is 15.1 Å². The van der Waals surface area contributed by atoms with Crippen molar-refractivity contribution in [3.8, 4) is 0 Å². The molecule has 0 radical (unpaired) electrons. The molecule has 0 fully saturated rings. The minimum Gasteiger partial charge on any atom is -0.320 e. The van der Waals surface area contributed by atoms with Crippen molar-refractivity contribution in [2.45, 2.75) is 32.7 Å². The summed E-state index contributed by atoms with van der Waals surface area (Å²) in [4.78, 5) is 4.86. The SMILES string of the molecule is CCCN(C)CC(C)N(C)CCCNC. The van der Waals surface area contributed by atoms with Gasteiger partial charge in [-0.25, -0.2) is 0 Å². The first-order valence-corrected chi connectivity index (χ1v) is 6.15. The van der Waals surface area contributed by atoms with Gasteiger partial charge in [-0.2, -0.15) is 0 Å². The maximum Gasteiger partial charge on any atom is 0.0191 e. The van der Waals surface area contributed by atoms with E-state index in [1.54, 1.807) is 0 Å². The van der Waals surface area contributed by atoms with Crippen molar-refractivity contribution in [2.24, 2.45) is 0 Å². The van der Waals surface area contributed by atoms with Gasteiger partial charge in [-0.3, -0.25) is 0 Å². The van der Waals surface area contributed by atoms with Crippen LogP contribution in [0.3, 0.4) is 0 Å². The summed E-state index contributed by atoms with van der Waals surface area (Å²) in [5.41, 5.74) is 0. The topological polar surface area (TPSA) is 18.5 Å². The van der Waals surface area contributed by atoms with E-state index in [0.717, 1.165) is 6.54 Å². The molecule has 0 spiro atoms. The first kappa shape index (κ1) is 14.9. The Morgan fingerprint density at radius 1 is 1.20 bits per heavy atom. The monoisotopic (exact) mass is 215 g/mol. The van der Waals surface area contributed by atoms with Crippen LogP contribution in [0.5, 0.6) is 0 Å². The van der Waals surface area contributed by atoms with Crippen molar-refractivity contribution >= 4 is 0 Å². The predicted molar refractivity (Wildman–Crippen MR) is 68.4 cm³/mol. The average Bonchev–Trinajstić information content (AvgIpc) is 2.18. The molecule has 15 heavy (non-hydrogen) atoms. The summed E-state index contributed by atoms with van der Waals surface area (Å²) in [7, 11) is 6.44. The Morgan fingerprint density at radius 3 is 2.40 bits per heavy atom. The van der Waals surface area contributed by atoms with Crippen molar-refractivity contribution in [1.29, 1.82) is 0 Å². The van der Waals surface area contributed by atoms with Gasteiger partial charge in [0.25, 0.3) is 0 Å². The molecule has 0 rings (SSSR count). The van der Waals surface area contributed by atoms with Crippen LogP contribution >= 0.6 is 0 Å². The van der Waals surface area contributed by atoms with Gasteiger partial charge in [-0.15, -0.1) is 0 Å². The van der Waals surface area contributed by atoms with Gasteiger partial charge in [0.1, 0.15) is 0 Å². The smallest absolute Gasteiger partial charge is 0.0191 e. The minimum absolute atomic E-state index is 0.651. The summed E-state index contributed by atoms with van der Waals surface area (Å²) in [5, 5.41) is 3.19. The number of hydrogen-bond donors (Lipinski definition) is 1. The van der Waals surface area contributed by atoms with Crippen LogP contribution in [0.2, 0.25) is 0 Å². The van der Waals surface area contributed by atoms with Gasteiger partial charge in [-0.05, 0) is 60.5 Å². The van der Waals surface area contributed by atoms with Gasteiger partial charge in [0, 0.05) is 12.6 Å². The van der Waals surface area contributed by atoms with E-state index in [-0.39, 0.29) is 0 Å². The highest BCUT2D eigenvalue weighted by Gasteiger charge is 2.10. The molecule has 92 valence electrons. The number of likely N-dealkylation sites (N-methyl/N-ethyl adjacent to an activating group) is 2. The summed E-state index contributed by atoms with van der Waals surface area (Å²) in [6.07, 6.45) is 2.47. The Bertz CT molecular complexity index is 139. The summed E-state index contributed by atoms with van der Waals surface area (Å²) in [6, 6.07) is 0.651. The fourth-order valence-corrected chi connectivity index (χ4v) is 1.79. The molecular formula is C12H29N3. The molecule has 1 N–H and O–H groups in total. The lowest BCUT2D eigenvalue weighted by Crippen LogP contribution is -2.40. The molecule has 0 aromatic heterocycles. The zero-order chi connectivity index (χ0) is 11.7. The molecule has 0 heterocycles. The van der Waals surface area contributed by atoms with E-state index < -0.39 is 0 Å². The lowest BCUT2D eigenvalue weighted by atomic mass is 10.2. The molecule has 3 heteroatoms. The van der Waals surface area contributed by atoms with Crippen molar-refractivity contribution in [3.63, 3.8) is 0 Å². The Kier molecular flexibility index (Phi) is 9.06. The van der Waals surface area contributed by atoms with Crippen molar-refractivity contribution in [1.82, 2.24) is 15.1 Å². The van der Waals surface area contributed by atoms with Crippen LogP contribution in [0.1, 0.15) is 26.7 Å². The Morgan fingerprint density at radius 2 is 1.87 bits per heavy atom. The first-order valence-electron chi connectivity index (χ1n) is 6.15. The second kappa shape index (κ2) is 9.13. The minimum atomic E-state index is 0.651. The van der Waals surface area contributed by atoms with Crippen LogP contribution < -0.4 is 5.32 Å². The molecule has 1 unspecified atom stereocenters. The summed E-state index contributed by atoms with van der Waals surface area (Å²) < 4.78 is 0. The summed E-state index contributed by atoms with van der Waals surface area (Å²) in [5.74, 6) is 0. The van der Waals surface area contributed by atoms with E-state index >= 15 is 0 Å². The van der Waals surface area contributed by atoms with E-state index in [0.29, 0.717) is 6.04 Å². The molecule has 0 amide bonds.